The fourth-order valence-corrected chi connectivity index (χ4v) is 1.71. The molecule has 0 aliphatic heterocycles. The number of aromatic amines is 1. The molecule has 0 bridgehead atoms. The van der Waals surface area contributed by atoms with Crippen LogP contribution >= 0.6 is 11.8 Å². The van der Waals surface area contributed by atoms with Crippen LogP contribution in [0.25, 0.3) is 0 Å². The predicted molar refractivity (Wildman–Crippen MR) is 57.7 cm³/mol. The zero-order valence-electron chi connectivity index (χ0n) is 8.97. The van der Waals surface area contributed by atoms with Crippen LogP contribution in [0.1, 0.15) is 6.92 Å². The van der Waals surface area contributed by atoms with Gasteiger partial charge in [-0.25, -0.2) is 9.89 Å². The van der Waals surface area contributed by atoms with E-state index in [4.69, 9.17) is 9.84 Å². The molecule has 2 N–H and O–H groups in total. The Morgan fingerprint density at radius 1 is 1.75 bits per heavy atom. The van der Waals surface area contributed by atoms with E-state index in [1.165, 1.54) is 4.57 Å². The number of nitrogens with one attached hydrogen (secondary N) is 1. The summed E-state index contributed by atoms with van der Waals surface area (Å²) in [4.78, 5) is 21.8. The second-order valence-corrected chi connectivity index (χ2v) is 4.09. The third kappa shape index (κ3) is 3.38. The van der Waals surface area contributed by atoms with Crippen LogP contribution in [-0.4, -0.2) is 44.8 Å². The Morgan fingerprint density at radius 2 is 2.44 bits per heavy atom. The number of hydrogen-bond donors (Lipinski definition) is 2. The van der Waals surface area contributed by atoms with Crippen LogP contribution in [-0.2, 0) is 16.1 Å². The Balaban J connectivity index is 2.77. The highest BCUT2D eigenvalue weighted by Gasteiger charge is 2.12. The number of aliphatic carboxylic acids is 1. The van der Waals surface area contributed by atoms with Crippen molar-refractivity contribution in [3.05, 3.63) is 10.5 Å². The van der Waals surface area contributed by atoms with Gasteiger partial charge < -0.3 is 9.84 Å². The predicted octanol–water partition coefficient (Wildman–Crippen LogP) is -0.217. The van der Waals surface area contributed by atoms with E-state index in [-0.39, 0.29) is 17.5 Å². The monoisotopic (exact) mass is 247 g/mol. The van der Waals surface area contributed by atoms with E-state index < -0.39 is 5.97 Å². The highest BCUT2D eigenvalue weighted by atomic mass is 32.2. The number of carboxylic acid groups (broad SMARTS) is 1. The van der Waals surface area contributed by atoms with Crippen LogP contribution < -0.4 is 5.69 Å². The number of H-pyrrole nitrogens is 1. The molecule has 1 aromatic rings. The van der Waals surface area contributed by atoms with Gasteiger partial charge in [-0.05, 0) is 6.92 Å². The minimum atomic E-state index is -0.952. The van der Waals surface area contributed by atoms with Crippen LogP contribution in [0, 0.1) is 0 Å². The maximum Gasteiger partial charge on any atom is 0.344 e. The summed E-state index contributed by atoms with van der Waals surface area (Å²) < 4.78 is 6.39. The minimum absolute atomic E-state index is 0.133. The van der Waals surface area contributed by atoms with Gasteiger partial charge in [0.05, 0.1) is 18.4 Å². The fraction of sp³-hybridized carbons (Fsp3) is 0.625. The normalized spacial score (nSPS) is 12.6. The zero-order valence-corrected chi connectivity index (χ0v) is 9.78. The summed E-state index contributed by atoms with van der Waals surface area (Å²) >= 11 is 0.994. The van der Waals surface area contributed by atoms with E-state index in [0.717, 1.165) is 11.8 Å². The first-order chi connectivity index (χ1) is 7.54. The summed E-state index contributed by atoms with van der Waals surface area (Å²) in [6, 6.07) is 0. The molecule has 0 radical (unpaired) electrons. The fourth-order valence-electron chi connectivity index (χ4n) is 1.03. The van der Waals surface area contributed by atoms with Gasteiger partial charge in [0.1, 0.15) is 0 Å². The number of methoxy groups -OCH3 is 1. The van der Waals surface area contributed by atoms with Gasteiger partial charge in [-0.3, -0.25) is 9.36 Å². The van der Waals surface area contributed by atoms with Crippen molar-refractivity contribution in [3.63, 3.8) is 0 Å². The van der Waals surface area contributed by atoms with Gasteiger partial charge in [0.15, 0.2) is 5.16 Å². The van der Waals surface area contributed by atoms with Gasteiger partial charge in [0.25, 0.3) is 0 Å². The molecular formula is C8H13N3O4S. The van der Waals surface area contributed by atoms with Gasteiger partial charge in [-0.1, -0.05) is 11.8 Å². The minimum Gasteiger partial charge on any atom is -0.481 e. The maximum absolute atomic E-state index is 11.4. The topological polar surface area (TPSA) is 97.2 Å². The second-order valence-electron chi connectivity index (χ2n) is 3.15. The third-order valence-electron chi connectivity index (χ3n) is 1.89. The van der Waals surface area contributed by atoms with Crippen molar-refractivity contribution in [2.45, 2.75) is 24.7 Å². The number of aromatic nitrogens is 3. The maximum atomic E-state index is 11.4. The standard InChI is InChI=1S/C8H13N3O4S/c1-5(15-2)3-11-7(14)9-10-8(11)16-4-6(12)13/h5H,3-4H2,1-2H3,(H,9,14)(H,12,13). The van der Waals surface area contributed by atoms with E-state index in [0.29, 0.717) is 11.7 Å². The first-order valence-electron chi connectivity index (χ1n) is 4.57. The Bertz CT molecular complexity index is 414. The SMILES string of the molecule is COC(C)Cn1c(SCC(=O)O)n[nH]c1=O. The van der Waals surface area contributed by atoms with Crippen molar-refractivity contribution in [2.24, 2.45) is 0 Å². The number of rotatable bonds is 6. The zero-order chi connectivity index (χ0) is 12.1. The molecule has 90 valence electrons. The lowest BCUT2D eigenvalue weighted by Gasteiger charge is -2.10. The highest BCUT2D eigenvalue weighted by molar-refractivity contribution is 7.99. The van der Waals surface area contributed by atoms with E-state index in [9.17, 15) is 9.59 Å². The number of carbonyl (C=O) groups is 1. The van der Waals surface area contributed by atoms with Crippen molar-refractivity contribution in [2.75, 3.05) is 12.9 Å². The van der Waals surface area contributed by atoms with Crippen LogP contribution in [0.2, 0.25) is 0 Å². The van der Waals surface area contributed by atoms with Crippen LogP contribution in [0.3, 0.4) is 0 Å². The van der Waals surface area contributed by atoms with E-state index in [1.54, 1.807) is 7.11 Å². The van der Waals surface area contributed by atoms with Crippen molar-refractivity contribution in [1.82, 2.24) is 14.8 Å². The first kappa shape index (κ1) is 12.8. The summed E-state index contributed by atoms with van der Waals surface area (Å²) in [6.45, 7) is 2.15. The van der Waals surface area contributed by atoms with Gasteiger partial charge in [0.2, 0.25) is 0 Å². The molecular weight excluding hydrogens is 234 g/mol. The molecule has 1 rings (SSSR count). The van der Waals surface area contributed by atoms with E-state index in [2.05, 4.69) is 10.2 Å². The first-order valence-corrected chi connectivity index (χ1v) is 5.55. The van der Waals surface area contributed by atoms with Crippen LogP contribution in [0.4, 0.5) is 0 Å². The Hall–Kier alpha value is -1.28. The average Bonchev–Trinajstić information content (AvgIpc) is 2.57. The lowest BCUT2D eigenvalue weighted by molar-refractivity contribution is -0.133. The summed E-state index contributed by atoms with van der Waals surface area (Å²) in [5.41, 5.74) is -0.364. The lowest BCUT2D eigenvalue weighted by atomic mass is 10.4. The lowest BCUT2D eigenvalue weighted by Crippen LogP contribution is -2.24. The molecule has 1 aromatic heterocycles. The molecule has 1 heterocycles. The van der Waals surface area contributed by atoms with Crippen molar-refractivity contribution in [3.8, 4) is 0 Å². The van der Waals surface area contributed by atoms with Crippen LogP contribution in [0.15, 0.2) is 9.95 Å². The van der Waals surface area contributed by atoms with Gasteiger partial charge in [-0.15, -0.1) is 5.10 Å². The molecule has 0 aromatic carbocycles. The third-order valence-corrected chi connectivity index (χ3v) is 2.85. The quantitative estimate of drug-likeness (QED) is 0.675. The Labute approximate surface area is 95.8 Å². The molecule has 1 unspecified atom stereocenters. The van der Waals surface area contributed by atoms with Crippen LogP contribution in [0.5, 0.6) is 0 Å². The molecule has 0 amide bonds. The average molecular weight is 247 g/mol. The summed E-state index contributed by atoms with van der Waals surface area (Å²) in [7, 11) is 1.54. The van der Waals surface area contributed by atoms with E-state index in [1.807, 2.05) is 6.92 Å². The molecule has 16 heavy (non-hydrogen) atoms. The molecule has 0 saturated heterocycles. The second kappa shape index (κ2) is 5.71. The molecule has 0 spiro atoms. The van der Waals surface area contributed by atoms with Gasteiger partial charge in [0, 0.05) is 7.11 Å². The smallest absolute Gasteiger partial charge is 0.344 e. The van der Waals surface area contributed by atoms with Gasteiger partial charge >= 0.3 is 11.7 Å². The summed E-state index contributed by atoms with van der Waals surface area (Å²) in [5, 5.41) is 14.9. The van der Waals surface area contributed by atoms with Gasteiger partial charge in [-0.2, -0.15) is 0 Å². The number of nitrogens with zero attached hydrogens (tertiary/aromatic N) is 2. The van der Waals surface area contributed by atoms with Crippen molar-refractivity contribution in [1.29, 1.82) is 0 Å². The molecule has 0 saturated carbocycles. The van der Waals surface area contributed by atoms with Crippen molar-refractivity contribution < 1.29 is 14.6 Å². The molecule has 1 atom stereocenters. The molecule has 0 aliphatic rings. The summed E-state index contributed by atoms with van der Waals surface area (Å²) in [6.07, 6.45) is -0.139. The largest absolute Gasteiger partial charge is 0.481 e. The Kier molecular flexibility index (Phi) is 4.56. The molecule has 8 heteroatoms. The number of hydrogen-bond acceptors (Lipinski definition) is 5. The molecule has 7 nitrogen and oxygen atoms in total. The number of ether oxygens (including phenoxy) is 1. The number of carboxylic acids is 1. The molecule has 0 fully saturated rings. The Morgan fingerprint density at radius 3 is 3.00 bits per heavy atom. The molecule has 0 aliphatic carbocycles. The van der Waals surface area contributed by atoms with E-state index >= 15 is 0 Å². The van der Waals surface area contributed by atoms with Crippen molar-refractivity contribution >= 4 is 17.7 Å². The summed E-state index contributed by atoms with van der Waals surface area (Å²) in [5.74, 6) is -1.09. The highest BCUT2D eigenvalue weighted by Crippen LogP contribution is 2.13. The number of thioether (sulfide) groups is 1.